The molecule has 0 radical (unpaired) electrons. The van der Waals surface area contributed by atoms with Crippen LogP contribution in [0.2, 0.25) is 0 Å². The highest BCUT2D eigenvalue weighted by atomic mass is 14.7. The molecule has 0 fully saturated rings. The van der Waals surface area contributed by atoms with E-state index in [9.17, 15) is 0 Å². The number of allylic oxidation sites excluding steroid dienone is 1. The maximum atomic E-state index is 2.52. The molecule has 0 heteroatoms. The second-order valence-corrected chi connectivity index (χ2v) is 9.31. The molecule has 0 heterocycles. The predicted molar refractivity (Wildman–Crippen MR) is 122 cm³/mol. The van der Waals surface area contributed by atoms with Gasteiger partial charge in [0.25, 0.3) is 0 Å². The fourth-order valence-electron chi connectivity index (χ4n) is 7.74. The number of fused-ring (bicyclic) bond motifs is 7. The van der Waals surface area contributed by atoms with E-state index in [4.69, 9.17) is 0 Å². The summed E-state index contributed by atoms with van der Waals surface area (Å²) < 4.78 is 0. The van der Waals surface area contributed by atoms with E-state index in [1.165, 1.54) is 44.5 Å². The third kappa shape index (κ3) is 1.36. The molecular weight excluding hydrogens is 360 g/mol. The lowest BCUT2D eigenvalue weighted by atomic mass is 9.56. The van der Waals surface area contributed by atoms with Crippen molar-refractivity contribution < 1.29 is 0 Å². The second kappa shape index (κ2) is 4.84. The Labute approximate surface area is 176 Å². The Morgan fingerprint density at radius 1 is 0.600 bits per heavy atom. The van der Waals surface area contributed by atoms with Crippen molar-refractivity contribution in [2.24, 2.45) is 5.41 Å². The number of rotatable bonds is 0. The molecule has 8 rings (SSSR count). The predicted octanol–water partition coefficient (Wildman–Crippen LogP) is 6.58. The zero-order chi connectivity index (χ0) is 19.5. The minimum atomic E-state index is -0.0825. The topological polar surface area (TPSA) is 0 Å². The summed E-state index contributed by atoms with van der Waals surface area (Å²) in [5.74, 6) is 0.393. The smallest absolute Gasteiger partial charge is 0.0571 e. The molecule has 140 valence electrons. The molecule has 0 bridgehead atoms. The zero-order valence-electron chi connectivity index (χ0n) is 16.6. The van der Waals surface area contributed by atoms with Crippen LogP contribution in [-0.2, 0) is 11.8 Å². The Morgan fingerprint density at radius 3 is 2.17 bits per heavy atom. The highest BCUT2D eigenvalue weighted by Crippen LogP contribution is 2.80. The van der Waals surface area contributed by atoms with Crippen LogP contribution in [-0.4, -0.2) is 0 Å². The maximum absolute atomic E-state index is 2.52. The summed E-state index contributed by atoms with van der Waals surface area (Å²) in [5, 5.41) is 0. The number of benzene rings is 4. The summed E-state index contributed by atoms with van der Waals surface area (Å²) in [6.07, 6.45) is 3.63. The third-order valence-electron chi connectivity index (χ3n) is 8.44. The quantitative estimate of drug-likeness (QED) is 0.323. The summed E-state index contributed by atoms with van der Waals surface area (Å²) in [4.78, 5) is 0. The monoisotopic (exact) mass is 380 g/mol. The van der Waals surface area contributed by atoms with Crippen molar-refractivity contribution in [1.82, 2.24) is 0 Å². The van der Waals surface area contributed by atoms with Gasteiger partial charge in [-0.25, -0.2) is 0 Å². The van der Waals surface area contributed by atoms with Crippen LogP contribution in [0.5, 0.6) is 0 Å². The van der Waals surface area contributed by atoms with E-state index in [1.807, 2.05) is 0 Å². The Hall–Kier alpha value is -3.38. The lowest BCUT2D eigenvalue weighted by Gasteiger charge is -2.44. The van der Waals surface area contributed by atoms with Crippen molar-refractivity contribution in [3.8, 4) is 0 Å². The van der Waals surface area contributed by atoms with E-state index in [2.05, 4.69) is 103 Å². The molecular formula is C30H20. The van der Waals surface area contributed by atoms with Crippen molar-refractivity contribution in [2.45, 2.75) is 17.8 Å². The molecule has 4 aromatic carbocycles. The Balaban J connectivity index is 1.66. The molecule has 0 N–H and O–H groups in total. The highest BCUT2D eigenvalue weighted by molar-refractivity contribution is 6.00. The Bertz CT molecular complexity index is 1440. The molecule has 0 aromatic heterocycles. The van der Waals surface area contributed by atoms with Gasteiger partial charge in [0.1, 0.15) is 0 Å². The van der Waals surface area contributed by atoms with Gasteiger partial charge < -0.3 is 0 Å². The van der Waals surface area contributed by atoms with E-state index in [1.54, 1.807) is 5.57 Å². The molecule has 0 saturated heterocycles. The standard InChI is InChI=1S/C30H20/c1-3-11-21-19(9-1)17-27-22-12-4-7-15-25(22)30-24-14-6-2-10-20(24)18-29(27,30)28(21)23-13-5-8-16-26(23)30/h1-17,28H,18H2/t28?,29-,30+/m0/s1. The van der Waals surface area contributed by atoms with E-state index in [0.29, 0.717) is 5.92 Å². The minimum Gasteiger partial charge on any atom is -0.0620 e. The van der Waals surface area contributed by atoms with Crippen LogP contribution in [0, 0.1) is 5.41 Å². The fourth-order valence-corrected chi connectivity index (χ4v) is 7.74. The van der Waals surface area contributed by atoms with Crippen LogP contribution >= 0.6 is 0 Å². The van der Waals surface area contributed by atoms with Crippen LogP contribution in [0.4, 0.5) is 0 Å². The van der Waals surface area contributed by atoms with Crippen LogP contribution in [0.25, 0.3) is 11.6 Å². The van der Waals surface area contributed by atoms with Gasteiger partial charge in [-0.3, -0.25) is 0 Å². The molecule has 0 amide bonds. The first-order valence-corrected chi connectivity index (χ1v) is 11.0. The van der Waals surface area contributed by atoms with E-state index in [-0.39, 0.29) is 10.8 Å². The summed E-state index contributed by atoms with van der Waals surface area (Å²) in [5.41, 5.74) is 13.5. The van der Waals surface area contributed by atoms with Crippen LogP contribution in [0.1, 0.15) is 50.4 Å². The first-order valence-electron chi connectivity index (χ1n) is 11.0. The van der Waals surface area contributed by atoms with Crippen molar-refractivity contribution >= 4 is 11.6 Å². The summed E-state index contributed by atoms with van der Waals surface area (Å²) in [6, 6.07) is 36.9. The normalized spacial score (nSPS) is 28.0. The van der Waals surface area contributed by atoms with Gasteiger partial charge >= 0.3 is 0 Å². The first-order chi connectivity index (χ1) is 14.9. The van der Waals surface area contributed by atoms with Crippen molar-refractivity contribution in [3.05, 3.63) is 142 Å². The first kappa shape index (κ1) is 15.5. The number of hydrogen-bond acceptors (Lipinski definition) is 0. The van der Waals surface area contributed by atoms with Gasteiger partial charge in [0.05, 0.1) is 5.41 Å². The van der Waals surface area contributed by atoms with Gasteiger partial charge in [-0.1, -0.05) is 103 Å². The molecule has 4 aliphatic rings. The zero-order valence-corrected chi connectivity index (χ0v) is 16.6. The average Bonchev–Trinajstić information content (AvgIpc) is 3.33. The summed E-state index contributed by atoms with van der Waals surface area (Å²) in [6.45, 7) is 0. The summed E-state index contributed by atoms with van der Waals surface area (Å²) in [7, 11) is 0. The third-order valence-corrected chi connectivity index (χ3v) is 8.44. The molecule has 0 saturated carbocycles. The molecule has 0 aliphatic heterocycles. The van der Waals surface area contributed by atoms with Gasteiger partial charge in [0, 0.05) is 11.3 Å². The lowest BCUT2D eigenvalue weighted by Crippen LogP contribution is -2.41. The summed E-state index contributed by atoms with van der Waals surface area (Å²) >= 11 is 0. The second-order valence-electron chi connectivity index (χ2n) is 9.31. The van der Waals surface area contributed by atoms with Crippen molar-refractivity contribution in [1.29, 1.82) is 0 Å². The minimum absolute atomic E-state index is 0.0401. The molecule has 1 unspecified atom stereocenters. The molecule has 1 spiro atoms. The van der Waals surface area contributed by atoms with Gasteiger partial charge in [0.2, 0.25) is 0 Å². The van der Waals surface area contributed by atoms with Crippen molar-refractivity contribution in [3.63, 3.8) is 0 Å². The maximum Gasteiger partial charge on any atom is 0.0571 e. The van der Waals surface area contributed by atoms with Gasteiger partial charge in [0.15, 0.2) is 0 Å². The van der Waals surface area contributed by atoms with Gasteiger partial charge in [-0.15, -0.1) is 0 Å². The average molecular weight is 380 g/mol. The van der Waals surface area contributed by atoms with Crippen molar-refractivity contribution in [2.75, 3.05) is 0 Å². The van der Waals surface area contributed by atoms with Crippen LogP contribution < -0.4 is 0 Å². The molecule has 4 aromatic rings. The largest absolute Gasteiger partial charge is 0.0620 e. The van der Waals surface area contributed by atoms with E-state index < -0.39 is 0 Å². The molecule has 4 aliphatic carbocycles. The molecule has 30 heavy (non-hydrogen) atoms. The number of hydrogen-bond donors (Lipinski definition) is 0. The lowest BCUT2D eigenvalue weighted by molar-refractivity contribution is 0.313. The highest BCUT2D eigenvalue weighted by Gasteiger charge is 2.73. The SMILES string of the molecule is C1=C2c3ccccc3[C@@]34c5ccccc5C[C@@]23C(c2ccccc21)c1ccccc14. The van der Waals surface area contributed by atoms with Crippen LogP contribution in [0.3, 0.4) is 0 Å². The fraction of sp³-hybridized carbons (Fsp3) is 0.133. The van der Waals surface area contributed by atoms with E-state index in [0.717, 1.165) is 6.42 Å². The van der Waals surface area contributed by atoms with Gasteiger partial charge in [-0.05, 0) is 56.5 Å². The van der Waals surface area contributed by atoms with Gasteiger partial charge in [-0.2, -0.15) is 0 Å². The molecule has 0 nitrogen and oxygen atoms in total. The van der Waals surface area contributed by atoms with Crippen LogP contribution in [0.15, 0.2) is 97.1 Å². The van der Waals surface area contributed by atoms with E-state index >= 15 is 0 Å². The Kier molecular flexibility index (Phi) is 2.50. The molecule has 3 atom stereocenters. The Morgan fingerprint density at radius 2 is 1.27 bits per heavy atom.